The van der Waals surface area contributed by atoms with E-state index in [0.29, 0.717) is 29.4 Å². The van der Waals surface area contributed by atoms with E-state index in [1.54, 1.807) is 24.4 Å². The molecule has 1 N–H and O–H groups in total. The molecule has 3 aliphatic rings. The molecule has 3 atom stereocenters. The Morgan fingerprint density at radius 2 is 2.15 bits per heavy atom. The lowest BCUT2D eigenvalue weighted by Gasteiger charge is -2.19. The predicted octanol–water partition coefficient (Wildman–Crippen LogP) is 2.80. The lowest BCUT2D eigenvalue weighted by Crippen LogP contribution is -2.31. The second-order valence-electron chi connectivity index (χ2n) is 7.85. The Balaban J connectivity index is 1.20. The second-order valence-corrected chi connectivity index (χ2v) is 7.85. The number of amides is 1. The van der Waals surface area contributed by atoms with Gasteiger partial charge in [-0.3, -0.25) is 4.79 Å². The maximum Gasteiger partial charge on any atom is 0.273 e. The van der Waals surface area contributed by atoms with Crippen LogP contribution in [0.4, 0.5) is 4.39 Å². The molecule has 5 rings (SSSR count). The molecule has 0 radical (unpaired) electrons. The normalized spacial score (nSPS) is 27.2. The third kappa shape index (κ3) is 2.47. The van der Waals surface area contributed by atoms with Gasteiger partial charge in [0.25, 0.3) is 5.91 Å². The molecule has 0 saturated heterocycles. The number of carbonyl (C=O) groups excluding carboxylic acids is 1. The number of hydrogen-bond donors (Lipinski definition) is 1. The number of rotatable bonds is 5. The van der Waals surface area contributed by atoms with E-state index in [4.69, 9.17) is 0 Å². The highest BCUT2D eigenvalue weighted by molar-refractivity contribution is 5.91. The van der Waals surface area contributed by atoms with Gasteiger partial charge in [-0.05, 0) is 48.5 Å². The zero-order valence-corrected chi connectivity index (χ0v) is 14.4. The maximum absolute atomic E-state index is 13.7. The molecule has 2 aromatic rings. The molecule has 0 aliphatic heterocycles. The van der Waals surface area contributed by atoms with E-state index in [2.05, 4.69) is 27.8 Å². The molecule has 26 heavy (non-hydrogen) atoms. The summed E-state index contributed by atoms with van der Waals surface area (Å²) in [6.45, 7) is 0.943. The summed E-state index contributed by atoms with van der Waals surface area (Å²) in [6, 6.07) is 6.54. The minimum absolute atomic E-state index is 0.207. The first kappa shape index (κ1) is 15.7. The van der Waals surface area contributed by atoms with E-state index in [0.717, 1.165) is 5.92 Å². The molecule has 5 nitrogen and oxygen atoms in total. The Morgan fingerprint density at radius 1 is 1.31 bits per heavy atom. The zero-order chi connectivity index (χ0) is 17.7. The van der Waals surface area contributed by atoms with Crippen LogP contribution in [0.5, 0.6) is 0 Å². The van der Waals surface area contributed by atoms with Crippen molar-refractivity contribution in [2.75, 3.05) is 6.54 Å². The lowest BCUT2D eigenvalue weighted by atomic mass is 9.89. The number of halogens is 1. The van der Waals surface area contributed by atoms with Crippen molar-refractivity contribution in [3.8, 4) is 0 Å². The Bertz CT molecular complexity index is 885. The topological polar surface area (TPSA) is 59.8 Å². The van der Waals surface area contributed by atoms with Crippen molar-refractivity contribution in [1.29, 1.82) is 0 Å². The third-order valence-electron chi connectivity index (χ3n) is 6.43. The molecule has 1 heterocycles. The van der Waals surface area contributed by atoms with Gasteiger partial charge in [-0.25, -0.2) is 9.07 Å². The summed E-state index contributed by atoms with van der Waals surface area (Å²) >= 11 is 0. The largest absolute Gasteiger partial charge is 0.350 e. The predicted molar refractivity (Wildman–Crippen MR) is 93.8 cm³/mol. The Morgan fingerprint density at radius 3 is 2.92 bits per heavy atom. The van der Waals surface area contributed by atoms with E-state index >= 15 is 0 Å². The summed E-state index contributed by atoms with van der Waals surface area (Å²) in [6.07, 6.45) is 10.2. The summed E-state index contributed by atoms with van der Waals surface area (Å²) in [7, 11) is 0. The highest BCUT2D eigenvalue weighted by atomic mass is 19.1. The minimum Gasteiger partial charge on any atom is -0.350 e. The van der Waals surface area contributed by atoms with E-state index in [-0.39, 0.29) is 24.0 Å². The monoisotopic (exact) mass is 352 g/mol. The van der Waals surface area contributed by atoms with Crippen molar-refractivity contribution in [3.63, 3.8) is 0 Å². The van der Waals surface area contributed by atoms with Gasteiger partial charge in [0, 0.05) is 12.1 Å². The van der Waals surface area contributed by atoms with Crippen molar-refractivity contribution in [3.05, 3.63) is 59.7 Å². The summed E-state index contributed by atoms with van der Waals surface area (Å²) in [4.78, 5) is 12.4. The summed E-state index contributed by atoms with van der Waals surface area (Å²) in [5.41, 5.74) is 1.34. The maximum atomic E-state index is 13.7. The molecule has 1 aromatic carbocycles. The molecule has 2 saturated carbocycles. The second kappa shape index (κ2) is 5.76. The average Bonchev–Trinajstić information content (AvgIpc) is 3.07. The van der Waals surface area contributed by atoms with Gasteiger partial charge in [0.1, 0.15) is 5.82 Å². The molecule has 6 heteroatoms. The van der Waals surface area contributed by atoms with E-state index in [9.17, 15) is 9.18 Å². The number of hydrogen-bond acceptors (Lipinski definition) is 3. The summed E-state index contributed by atoms with van der Waals surface area (Å²) < 4.78 is 15.2. The molecule has 0 unspecified atom stereocenters. The molecule has 2 fully saturated rings. The molecule has 1 spiro atoms. The van der Waals surface area contributed by atoms with E-state index in [1.165, 1.54) is 30.0 Å². The van der Waals surface area contributed by atoms with Crippen LogP contribution in [0, 0.1) is 29.0 Å². The first-order valence-corrected chi connectivity index (χ1v) is 9.26. The van der Waals surface area contributed by atoms with Crippen LogP contribution in [0.25, 0.3) is 0 Å². The number of nitrogens with zero attached hydrogens (tertiary/aromatic N) is 3. The van der Waals surface area contributed by atoms with Gasteiger partial charge in [-0.1, -0.05) is 35.6 Å². The number of carbonyl (C=O) groups is 1. The third-order valence-corrected chi connectivity index (χ3v) is 6.43. The van der Waals surface area contributed by atoms with Gasteiger partial charge in [-0.15, -0.1) is 5.10 Å². The van der Waals surface area contributed by atoms with Crippen LogP contribution in [0.2, 0.25) is 0 Å². The number of allylic oxidation sites excluding steroid dienone is 2. The Kier molecular flexibility index (Phi) is 3.48. The van der Waals surface area contributed by atoms with Gasteiger partial charge in [0.15, 0.2) is 5.69 Å². The molecule has 3 aliphatic carbocycles. The Hall–Kier alpha value is -2.50. The van der Waals surface area contributed by atoms with Crippen LogP contribution >= 0.6 is 0 Å². The van der Waals surface area contributed by atoms with Crippen molar-refractivity contribution in [1.82, 2.24) is 20.3 Å². The quantitative estimate of drug-likeness (QED) is 0.842. The zero-order valence-electron chi connectivity index (χ0n) is 14.4. The van der Waals surface area contributed by atoms with Crippen LogP contribution in [0.1, 0.15) is 35.3 Å². The number of benzene rings is 1. The molecule has 1 aromatic heterocycles. The molecular formula is C20H21FN4O. The number of nitrogens with one attached hydrogen (secondary N) is 1. The lowest BCUT2D eigenvalue weighted by molar-refractivity contribution is 0.0939. The van der Waals surface area contributed by atoms with Gasteiger partial charge in [-0.2, -0.15) is 0 Å². The van der Waals surface area contributed by atoms with Crippen molar-refractivity contribution >= 4 is 5.91 Å². The summed E-state index contributed by atoms with van der Waals surface area (Å²) in [5, 5.41) is 10.9. The van der Waals surface area contributed by atoms with Crippen molar-refractivity contribution in [2.24, 2.45) is 23.2 Å². The molecule has 2 bridgehead atoms. The fraction of sp³-hybridized carbons (Fsp3) is 0.450. The first-order chi connectivity index (χ1) is 12.7. The first-order valence-electron chi connectivity index (χ1n) is 9.26. The van der Waals surface area contributed by atoms with Crippen LogP contribution in [-0.2, 0) is 6.54 Å². The van der Waals surface area contributed by atoms with E-state index < -0.39 is 0 Å². The summed E-state index contributed by atoms with van der Waals surface area (Å²) in [5.74, 6) is 1.39. The fourth-order valence-corrected chi connectivity index (χ4v) is 4.95. The molecular weight excluding hydrogens is 331 g/mol. The fourth-order valence-electron chi connectivity index (χ4n) is 4.95. The van der Waals surface area contributed by atoms with Crippen LogP contribution in [0.3, 0.4) is 0 Å². The van der Waals surface area contributed by atoms with Crippen LogP contribution in [0.15, 0.2) is 42.6 Å². The van der Waals surface area contributed by atoms with Crippen molar-refractivity contribution < 1.29 is 9.18 Å². The molecule has 1 amide bonds. The van der Waals surface area contributed by atoms with Crippen LogP contribution < -0.4 is 5.32 Å². The van der Waals surface area contributed by atoms with Gasteiger partial charge < -0.3 is 5.32 Å². The number of aromatic nitrogens is 3. The van der Waals surface area contributed by atoms with Gasteiger partial charge in [0.2, 0.25) is 0 Å². The highest BCUT2D eigenvalue weighted by Crippen LogP contribution is 2.69. The minimum atomic E-state index is -0.285. The molecule has 134 valence electrons. The van der Waals surface area contributed by atoms with Gasteiger partial charge in [0.05, 0.1) is 12.7 Å². The SMILES string of the molecule is O=C(NC[C@@H]1C[C@@H]2C=C[C@@H]1C21CC1)c1cn(Cc2ccccc2F)nn1. The smallest absolute Gasteiger partial charge is 0.273 e. The average molecular weight is 352 g/mol. The van der Waals surface area contributed by atoms with E-state index in [1.807, 2.05) is 0 Å². The standard InChI is InChI=1S/C20H21FN4O/c21-17-4-2-1-3-13(17)11-25-12-18(23-24-25)19(26)22-10-14-9-15-5-6-16(14)20(15)7-8-20/h1-6,12,14-16H,7-11H2,(H,22,26)/t14-,15-,16-/m0/s1. The van der Waals surface area contributed by atoms with Crippen LogP contribution in [-0.4, -0.2) is 27.4 Å². The van der Waals surface area contributed by atoms with Crippen molar-refractivity contribution in [2.45, 2.75) is 25.8 Å². The van der Waals surface area contributed by atoms with Gasteiger partial charge >= 0.3 is 0 Å². The highest BCUT2D eigenvalue weighted by Gasteiger charge is 2.62. The Labute approximate surface area is 151 Å².